The fourth-order valence-corrected chi connectivity index (χ4v) is 2.03. The summed E-state index contributed by atoms with van der Waals surface area (Å²) in [5.74, 6) is 2.54. The van der Waals surface area contributed by atoms with Crippen LogP contribution in [0.1, 0.15) is 11.1 Å². The summed E-state index contributed by atoms with van der Waals surface area (Å²) in [7, 11) is 0. The molecule has 4 nitrogen and oxygen atoms in total. The molecule has 0 spiro atoms. The third kappa shape index (κ3) is 3.59. The van der Waals surface area contributed by atoms with Gasteiger partial charge in [0.15, 0.2) is 0 Å². The van der Waals surface area contributed by atoms with Crippen LogP contribution in [-0.4, -0.2) is 21.8 Å². The summed E-state index contributed by atoms with van der Waals surface area (Å²) in [6, 6.07) is 13.7. The summed E-state index contributed by atoms with van der Waals surface area (Å²) in [5, 5.41) is 34.9. The maximum atomic E-state index is 9.76. The Labute approximate surface area is 123 Å². The zero-order valence-electron chi connectivity index (χ0n) is 11.4. The lowest BCUT2D eigenvalue weighted by molar-refractivity contribution is 0.469. The first kappa shape index (κ1) is 14.6. The Morgan fingerprint density at radius 2 is 1.33 bits per heavy atom. The molecular formula is C17H16N2O2. The first-order valence-corrected chi connectivity index (χ1v) is 6.52. The molecule has 2 rings (SSSR count). The minimum Gasteiger partial charge on any atom is -0.508 e. The van der Waals surface area contributed by atoms with Gasteiger partial charge in [-0.25, -0.2) is 0 Å². The number of phenols is 2. The van der Waals surface area contributed by atoms with Gasteiger partial charge in [0, 0.05) is 24.1 Å². The Morgan fingerprint density at radius 3 is 1.81 bits per heavy atom. The van der Waals surface area contributed by atoms with Crippen LogP contribution in [0.5, 0.6) is 11.5 Å². The SMILES string of the molecule is N=C=C(Cc1ccccc1O)C(=N)Cc1ccccc1O. The maximum Gasteiger partial charge on any atom is 0.119 e. The molecule has 0 unspecified atom stereocenters. The van der Waals surface area contributed by atoms with E-state index in [-0.39, 0.29) is 30.1 Å². The van der Waals surface area contributed by atoms with E-state index in [2.05, 4.69) is 5.87 Å². The molecule has 4 heteroatoms. The molecule has 21 heavy (non-hydrogen) atoms. The molecule has 2 aromatic rings. The standard InChI is InChI=1S/C17H16N2O2/c18-11-14(9-12-5-1-3-7-16(12)20)15(19)10-13-6-2-4-8-17(13)21/h1-8,18-21H,9-10H2. The van der Waals surface area contributed by atoms with E-state index in [4.69, 9.17) is 10.8 Å². The molecule has 0 amide bonds. The number of hydrogen-bond donors (Lipinski definition) is 4. The predicted molar refractivity (Wildman–Crippen MR) is 82.6 cm³/mol. The molecule has 0 saturated carbocycles. The maximum absolute atomic E-state index is 9.76. The third-order valence-corrected chi connectivity index (χ3v) is 3.23. The number of phenolic OH excluding ortho intramolecular Hbond substituents is 2. The molecule has 0 fully saturated rings. The summed E-state index contributed by atoms with van der Waals surface area (Å²) in [6.45, 7) is 0. The van der Waals surface area contributed by atoms with Crippen LogP contribution < -0.4 is 0 Å². The van der Waals surface area contributed by atoms with E-state index in [0.29, 0.717) is 16.7 Å². The fourth-order valence-electron chi connectivity index (χ4n) is 2.03. The highest BCUT2D eigenvalue weighted by Crippen LogP contribution is 2.21. The summed E-state index contributed by atoms with van der Waals surface area (Å²) < 4.78 is 0. The monoisotopic (exact) mass is 280 g/mol. The van der Waals surface area contributed by atoms with Crippen molar-refractivity contribution in [3.05, 3.63) is 65.2 Å². The Kier molecular flexibility index (Phi) is 4.54. The highest BCUT2D eigenvalue weighted by molar-refractivity contribution is 6.06. The number of para-hydroxylation sites is 2. The van der Waals surface area contributed by atoms with Crippen LogP contribution in [0.2, 0.25) is 0 Å². The molecule has 0 radical (unpaired) electrons. The fraction of sp³-hybridized carbons (Fsp3) is 0.118. The van der Waals surface area contributed by atoms with Gasteiger partial charge >= 0.3 is 0 Å². The smallest absolute Gasteiger partial charge is 0.119 e. The first-order chi connectivity index (χ1) is 10.1. The van der Waals surface area contributed by atoms with E-state index in [1.54, 1.807) is 48.5 Å². The van der Waals surface area contributed by atoms with E-state index < -0.39 is 0 Å². The molecule has 0 aromatic heterocycles. The van der Waals surface area contributed by atoms with Gasteiger partial charge in [0.2, 0.25) is 0 Å². The van der Waals surface area contributed by atoms with Crippen molar-refractivity contribution in [1.29, 1.82) is 10.8 Å². The number of nitrogens with one attached hydrogen (secondary N) is 2. The van der Waals surface area contributed by atoms with Crippen LogP contribution in [0.25, 0.3) is 0 Å². The van der Waals surface area contributed by atoms with Gasteiger partial charge < -0.3 is 15.6 Å². The zero-order valence-corrected chi connectivity index (χ0v) is 11.4. The second-order valence-corrected chi connectivity index (χ2v) is 4.69. The van der Waals surface area contributed by atoms with Gasteiger partial charge in [-0.05, 0) is 29.1 Å². The molecule has 2 aromatic carbocycles. The van der Waals surface area contributed by atoms with Gasteiger partial charge in [-0.1, -0.05) is 36.4 Å². The van der Waals surface area contributed by atoms with Crippen molar-refractivity contribution in [2.24, 2.45) is 0 Å². The number of benzene rings is 2. The topological polar surface area (TPSA) is 88.2 Å². The average molecular weight is 280 g/mol. The highest BCUT2D eigenvalue weighted by Gasteiger charge is 2.11. The molecule has 0 heterocycles. The van der Waals surface area contributed by atoms with Crippen molar-refractivity contribution in [1.82, 2.24) is 0 Å². The van der Waals surface area contributed by atoms with Gasteiger partial charge in [-0.2, -0.15) is 0 Å². The Bertz CT molecular complexity index is 716. The Morgan fingerprint density at radius 1 is 0.857 bits per heavy atom. The van der Waals surface area contributed by atoms with Crippen LogP contribution in [-0.2, 0) is 12.8 Å². The Balaban J connectivity index is 2.16. The number of hydrogen-bond acceptors (Lipinski definition) is 4. The lowest BCUT2D eigenvalue weighted by Gasteiger charge is -2.09. The minimum absolute atomic E-state index is 0.133. The molecule has 0 aliphatic carbocycles. The quantitative estimate of drug-likeness (QED) is 0.634. The van der Waals surface area contributed by atoms with Gasteiger partial charge in [0.1, 0.15) is 11.5 Å². The van der Waals surface area contributed by atoms with Gasteiger partial charge in [0.05, 0.1) is 0 Å². The van der Waals surface area contributed by atoms with E-state index in [1.807, 2.05) is 0 Å². The summed E-state index contributed by atoms with van der Waals surface area (Å²) in [4.78, 5) is 0. The van der Waals surface area contributed by atoms with Crippen LogP contribution >= 0.6 is 0 Å². The van der Waals surface area contributed by atoms with Crippen molar-refractivity contribution in [2.75, 3.05) is 0 Å². The van der Waals surface area contributed by atoms with Crippen LogP contribution in [0.3, 0.4) is 0 Å². The predicted octanol–water partition coefficient (Wildman–Crippen LogP) is 3.08. The number of aromatic hydroxyl groups is 2. The molecule has 0 aliphatic rings. The van der Waals surface area contributed by atoms with Gasteiger partial charge in [0.25, 0.3) is 0 Å². The Hall–Kier alpha value is -2.84. The lowest BCUT2D eigenvalue weighted by Crippen LogP contribution is -2.09. The molecule has 0 atom stereocenters. The van der Waals surface area contributed by atoms with Crippen LogP contribution in [0.15, 0.2) is 54.1 Å². The molecule has 106 valence electrons. The largest absolute Gasteiger partial charge is 0.508 e. The number of allylic oxidation sites excluding steroid dienone is 1. The average Bonchev–Trinajstić information content (AvgIpc) is 2.48. The molecule has 4 N–H and O–H groups in total. The van der Waals surface area contributed by atoms with Crippen molar-refractivity contribution in [2.45, 2.75) is 12.8 Å². The van der Waals surface area contributed by atoms with Gasteiger partial charge in [-0.3, -0.25) is 5.41 Å². The lowest BCUT2D eigenvalue weighted by atomic mass is 9.97. The summed E-state index contributed by atoms with van der Waals surface area (Å²) >= 11 is 0. The van der Waals surface area contributed by atoms with E-state index in [0.717, 1.165) is 0 Å². The van der Waals surface area contributed by atoms with Crippen molar-refractivity contribution in [3.63, 3.8) is 0 Å². The van der Waals surface area contributed by atoms with E-state index >= 15 is 0 Å². The zero-order chi connectivity index (χ0) is 15.2. The second-order valence-electron chi connectivity index (χ2n) is 4.69. The highest BCUT2D eigenvalue weighted by atomic mass is 16.3. The third-order valence-electron chi connectivity index (χ3n) is 3.23. The number of rotatable bonds is 5. The van der Waals surface area contributed by atoms with Crippen molar-refractivity contribution < 1.29 is 10.2 Å². The molecular weight excluding hydrogens is 264 g/mol. The summed E-state index contributed by atoms with van der Waals surface area (Å²) in [5.41, 5.74) is 1.87. The van der Waals surface area contributed by atoms with E-state index in [1.165, 1.54) is 0 Å². The van der Waals surface area contributed by atoms with Gasteiger partial charge in [-0.15, -0.1) is 0 Å². The van der Waals surface area contributed by atoms with Crippen LogP contribution in [0, 0.1) is 10.8 Å². The molecule has 0 bridgehead atoms. The van der Waals surface area contributed by atoms with Crippen LogP contribution in [0.4, 0.5) is 0 Å². The van der Waals surface area contributed by atoms with Crippen molar-refractivity contribution >= 4 is 11.6 Å². The van der Waals surface area contributed by atoms with Crippen molar-refractivity contribution in [3.8, 4) is 11.5 Å². The minimum atomic E-state index is 0.133. The summed E-state index contributed by atoms with van der Waals surface area (Å²) in [6.07, 6.45) is 0.490. The van der Waals surface area contributed by atoms with E-state index in [9.17, 15) is 10.2 Å². The molecule has 0 aliphatic heterocycles. The normalized spacial score (nSPS) is 9.90. The first-order valence-electron chi connectivity index (χ1n) is 6.52. The second kappa shape index (κ2) is 6.55. The molecule has 0 saturated heterocycles.